The standard InChI is InChI=1S/C28H29N5O4/c1-33-12-4-6-19(33)9-11-27(34)31-23-15-20-21(16-26(23)36-3)29-17-30-28(20)32-22-14-18(8-10-25(22)35-2)24-7-5-13-37-24/h5,7-11,13-17,19H,4,6,12H2,1-3H3,(H,31,34)(H,29,30,32)/b11-9+. The maximum absolute atomic E-state index is 12.7. The first-order chi connectivity index (χ1) is 18.1. The van der Waals surface area contributed by atoms with Gasteiger partial charge in [-0.25, -0.2) is 9.97 Å². The van der Waals surface area contributed by atoms with Crippen LogP contribution in [0.2, 0.25) is 0 Å². The third-order valence-electron chi connectivity index (χ3n) is 6.52. The van der Waals surface area contributed by atoms with Crippen LogP contribution in [-0.2, 0) is 4.79 Å². The van der Waals surface area contributed by atoms with Crippen molar-refractivity contribution < 1.29 is 18.7 Å². The van der Waals surface area contributed by atoms with E-state index in [1.807, 2.05) is 42.5 Å². The number of nitrogens with zero attached hydrogens (tertiary/aromatic N) is 3. The van der Waals surface area contributed by atoms with Gasteiger partial charge in [0.05, 0.1) is 37.4 Å². The van der Waals surface area contributed by atoms with Gasteiger partial charge in [-0.15, -0.1) is 0 Å². The van der Waals surface area contributed by atoms with Gasteiger partial charge in [-0.1, -0.05) is 6.08 Å². The molecule has 2 aromatic carbocycles. The van der Waals surface area contributed by atoms with Gasteiger partial charge in [-0.2, -0.15) is 0 Å². The molecule has 0 radical (unpaired) electrons. The van der Waals surface area contributed by atoms with Crippen molar-refractivity contribution in [3.8, 4) is 22.8 Å². The number of methoxy groups -OCH3 is 2. The van der Waals surface area contributed by atoms with Crippen LogP contribution in [0, 0.1) is 0 Å². The molecule has 1 fully saturated rings. The second-order valence-corrected chi connectivity index (χ2v) is 8.85. The van der Waals surface area contributed by atoms with E-state index in [0.717, 1.165) is 30.7 Å². The maximum atomic E-state index is 12.7. The van der Waals surface area contributed by atoms with Crippen molar-refractivity contribution >= 4 is 34.0 Å². The maximum Gasteiger partial charge on any atom is 0.248 e. The molecule has 9 nitrogen and oxygen atoms in total. The molecule has 1 aliphatic rings. The number of hydrogen-bond donors (Lipinski definition) is 2. The Labute approximate surface area is 215 Å². The fourth-order valence-electron chi connectivity index (χ4n) is 4.53. The molecule has 1 unspecified atom stereocenters. The molecule has 3 heterocycles. The molecule has 4 aromatic rings. The lowest BCUT2D eigenvalue weighted by molar-refractivity contribution is -0.111. The smallest absolute Gasteiger partial charge is 0.248 e. The van der Waals surface area contributed by atoms with Gasteiger partial charge >= 0.3 is 0 Å². The number of likely N-dealkylation sites (tertiary alicyclic amines) is 1. The summed E-state index contributed by atoms with van der Waals surface area (Å²) in [5.74, 6) is 2.23. The van der Waals surface area contributed by atoms with Crippen molar-refractivity contribution in [1.82, 2.24) is 14.9 Å². The molecule has 2 N–H and O–H groups in total. The Morgan fingerprint density at radius 3 is 2.70 bits per heavy atom. The third kappa shape index (κ3) is 5.26. The average Bonchev–Trinajstić information content (AvgIpc) is 3.59. The van der Waals surface area contributed by atoms with Crippen molar-refractivity contribution in [2.24, 2.45) is 0 Å². The number of aromatic nitrogens is 2. The normalized spacial score (nSPS) is 15.8. The van der Waals surface area contributed by atoms with E-state index in [9.17, 15) is 4.79 Å². The fourth-order valence-corrected chi connectivity index (χ4v) is 4.53. The average molecular weight is 500 g/mol. The van der Waals surface area contributed by atoms with Gasteiger partial charge < -0.3 is 24.5 Å². The van der Waals surface area contributed by atoms with Crippen LogP contribution in [0.15, 0.2) is 71.6 Å². The minimum Gasteiger partial charge on any atom is -0.495 e. The predicted octanol–water partition coefficient (Wildman–Crippen LogP) is 5.24. The highest BCUT2D eigenvalue weighted by Gasteiger charge is 2.18. The number of amides is 1. The van der Waals surface area contributed by atoms with Crippen LogP contribution in [0.4, 0.5) is 17.2 Å². The number of rotatable bonds is 8. The molecule has 1 atom stereocenters. The first-order valence-corrected chi connectivity index (χ1v) is 12.1. The SMILES string of the molecule is COc1cc2ncnc(Nc3cc(-c4ccco4)ccc3OC)c2cc1NC(=O)/C=C/C1CCCN1C. The van der Waals surface area contributed by atoms with Gasteiger partial charge in [0.1, 0.15) is 29.4 Å². The summed E-state index contributed by atoms with van der Waals surface area (Å²) >= 11 is 0. The Kier molecular flexibility index (Phi) is 7.04. The van der Waals surface area contributed by atoms with E-state index < -0.39 is 0 Å². The molecule has 0 saturated carbocycles. The largest absolute Gasteiger partial charge is 0.495 e. The molecule has 1 amide bonds. The number of carbonyl (C=O) groups is 1. The zero-order valence-corrected chi connectivity index (χ0v) is 21.0. The Hall–Kier alpha value is -4.37. The lowest BCUT2D eigenvalue weighted by Gasteiger charge is -2.16. The van der Waals surface area contributed by atoms with Crippen LogP contribution in [0.3, 0.4) is 0 Å². The lowest BCUT2D eigenvalue weighted by Crippen LogP contribution is -2.23. The molecule has 37 heavy (non-hydrogen) atoms. The van der Waals surface area contributed by atoms with Crippen LogP contribution in [0.1, 0.15) is 12.8 Å². The highest BCUT2D eigenvalue weighted by molar-refractivity contribution is 6.03. The Bertz CT molecular complexity index is 1430. The summed E-state index contributed by atoms with van der Waals surface area (Å²) in [5.41, 5.74) is 2.79. The number of furan rings is 1. The highest BCUT2D eigenvalue weighted by Crippen LogP contribution is 2.36. The van der Waals surface area contributed by atoms with E-state index in [0.29, 0.717) is 39.6 Å². The molecule has 0 bridgehead atoms. The van der Waals surface area contributed by atoms with Gasteiger partial charge in [0, 0.05) is 29.1 Å². The summed E-state index contributed by atoms with van der Waals surface area (Å²) in [4.78, 5) is 23.9. The Morgan fingerprint density at radius 1 is 1.11 bits per heavy atom. The molecular weight excluding hydrogens is 470 g/mol. The van der Waals surface area contributed by atoms with Gasteiger partial charge in [-0.05, 0) is 62.8 Å². The van der Waals surface area contributed by atoms with Gasteiger partial charge in [0.25, 0.3) is 0 Å². The molecule has 5 rings (SSSR count). The minimum atomic E-state index is -0.225. The van der Waals surface area contributed by atoms with E-state index in [2.05, 4.69) is 32.5 Å². The highest BCUT2D eigenvalue weighted by atomic mass is 16.5. The number of likely N-dealkylation sites (N-methyl/N-ethyl adjacent to an activating group) is 1. The van der Waals surface area contributed by atoms with E-state index in [-0.39, 0.29) is 11.9 Å². The van der Waals surface area contributed by atoms with Crippen molar-refractivity contribution in [3.05, 3.63) is 67.2 Å². The number of ether oxygens (including phenoxy) is 2. The van der Waals surface area contributed by atoms with E-state index in [4.69, 9.17) is 13.9 Å². The summed E-state index contributed by atoms with van der Waals surface area (Å²) in [6.07, 6.45) is 8.83. The summed E-state index contributed by atoms with van der Waals surface area (Å²) in [5, 5.41) is 7.02. The van der Waals surface area contributed by atoms with Crippen LogP contribution in [0.5, 0.6) is 11.5 Å². The molecular formula is C28H29N5O4. The first kappa shape index (κ1) is 24.3. The fraction of sp³-hybridized carbons (Fsp3) is 0.250. The summed E-state index contributed by atoms with van der Waals surface area (Å²) in [6, 6.07) is 13.3. The van der Waals surface area contributed by atoms with Crippen LogP contribution in [-0.4, -0.2) is 54.6 Å². The zero-order valence-electron chi connectivity index (χ0n) is 21.0. The summed E-state index contributed by atoms with van der Waals surface area (Å²) < 4.78 is 16.7. The number of carbonyl (C=O) groups excluding carboxylic acids is 1. The van der Waals surface area contributed by atoms with E-state index in [1.165, 1.54) is 6.33 Å². The number of anilines is 3. The predicted molar refractivity (Wildman–Crippen MR) is 143 cm³/mol. The molecule has 1 saturated heterocycles. The summed E-state index contributed by atoms with van der Waals surface area (Å²) in [6.45, 7) is 1.04. The number of nitrogens with one attached hydrogen (secondary N) is 2. The van der Waals surface area contributed by atoms with E-state index in [1.54, 1.807) is 32.6 Å². The lowest BCUT2D eigenvalue weighted by atomic mass is 10.1. The first-order valence-electron chi connectivity index (χ1n) is 12.1. The molecule has 9 heteroatoms. The Morgan fingerprint density at radius 2 is 1.97 bits per heavy atom. The van der Waals surface area contributed by atoms with Gasteiger partial charge in [0.15, 0.2) is 0 Å². The molecule has 190 valence electrons. The molecule has 2 aromatic heterocycles. The van der Waals surface area contributed by atoms with Crippen molar-refractivity contribution in [2.45, 2.75) is 18.9 Å². The van der Waals surface area contributed by atoms with Crippen molar-refractivity contribution in [2.75, 3.05) is 38.4 Å². The Balaban J connectivity index is 1.46. The quantitative estimate of drug-likeness (QED) is 0.318. The second kappa shape index (κ2) is 10.7. The zero-order chi connectivity index (χ0) is 25.8. The van der Waals surface area contributed by atoms with Crippen LogP contribution < -0.4 is 20.1 Å². The van der Waals surface area contributed by atoms with Crippen molar-refractivity contribution in [1.29, 1.82) is 0 Å². The second-order valence-electron chi connectivity index (χ2n) is 8.85. The molecule has 0 spiro atoms. The van der Waals surface area contributed by atoms with Crippen LogP contribution in [0.25, 0.3) is 22.2 Å². The third-order valence-corrected chi connectivity index (χ3v) is 6.52. The molecule has 0 aliphatic carbocycles. The molecule has 1 aliphatic heterocycles. The monoisotopic (exact) mass is 499 g/mol. The minimum absolute atomic E-state index is 0.225. The van der Waals surface area contributed by atoms with Gasteiger partial charge in [0.2, 0.25) is 5.91 Å². The van der Waals surface area contributed by atoms with Crippen LogP contribution >= 0.6 is 0 Å². The number of hydrogen-bond acceptors (Lipinski definition) is 8. The van der Waals surface area contributed by atoms with Crippen molar-refractivity contribution in [3.63, 3.8) is 0 Å². The number of benzene rings is 2. The van der Waals surface area contributed by atoms with Gasteiger partial charge in [-0.3, -0.25) is 9.69 Å². The summed E-state index contributed by atoms with van der Waals surface area (Å²) in [7, 11) is 5.24. The number of fused-ring (bicyclic) bond motifs is 1. The van der Waals surface area contributed by atoms with E-state index >= 15 is 0 Å². The topological polar surface area (TPSA) is 102 Å².